The van der Waals surface area contributed by atoms with Gasteiger partial charge in [0.2, 0.25) is 5.88 Å². The number of hydrogen-bond acceptors (Lipinski definition) is 7. The molecule has 0 unspecified atom stereocenters. The Bertz CT molecular complexity index is 1130. The lowest BCUT2D eigenvalue weighted by Crippen LogP contribution is -2.26. The Morgan fingerprint density at radius 2 is 2.07 bits per heavy atom. The van der Waals surface area contributed by atoms with Crippen LogP contribution in [0.4, 0.5) is 5.69 Å². The molecule has 0 bridgehead atoms. The van der Waals surface area contributed by atoms with Crippen LogP contribution in [0, 0.1) is 10.1 Å². The number of carbonyl (C=O) groups is 1. The van der Waals surface area contributed by atoms with E-state index in [0.29, 0.717) is 11.3 Å². The van der Waals surface area contributed by atoms with E-state index in [0.717, 1.165) is 15.0 Å². The summed E-state index contributed by atoms with van der Waals surface area (Å²) in [6.07, 6.45) is 0. The van der Waals surface area contributed by atoms with Crippen molar-refractivity contribution in [2.24, 2.45) is 5.73 Å². The minimum absolute atomic E-state index is 0.0500. The highest BCUT2D eigenvalue weighted by Gasteiger charge is 2.38. The Labute approximate surface area is 164 Å². The number of nitrogens with two attached hydrogens (primary N) is 1. The predicted molar refractivity (Wildman–Crippen MR) is 105 cm³/mol. The van der Waals surface area contributed by atoms with Gasteiger partial charge in [0.25, 0.3) is 5.69 Å². The summed E-state index contributed by atoms with van der Waals surface area (Å²) in [5.41, 5.74) is 6.80. The monoisotopic (exact) mass is 396 g/mol. The highest BCUT2D eigenvalue weighted by Crippen LogP contribution is 2.50. The number of nitro groups is 1. The lowest BCUT2D eigenvalue weighted by Gasteiger charge is -2.26. The number of nitro benzene ring substituents is 1. The number of esters is 1. The Balaban J connectivity index is 1.96. The molecular weight excluding hydrogens is 380 g/mol. The molecule has 0 amide bonds. The van der Waals surface area contributed by atoms with Gasteiger partial charge < -0.3 is 15.2 Å². The van der Waals surface area contributed by atoms with E-state index in [1.807, 2.05) is 24.3 Å². The van der Waals surface area contributed by atoms with Crippen LogP contribution in [0.5, 0.6) is 5.75 Å². The summed E-state index contributed by atoms with van der Waals surface area (Å²) in [6, 6.07) is 13.9. The van der Waals surface area contributed by atoms with Crippen molar-refractivity contribution in [2.75, 3.05) is 6.61 Å². The van der Waals surface area contributed by atoms with E-state index in [-0.39, 0.29) is 23.8 Å². The molecule has 7 nitrogen and oxygen atoms in total. The zero-order chi connectivity index (χ0) is 19.8. The van der Waals surface area contributed by atoms with Gasteiger partial charge in [-0.3, -0.25) is 10.1 Å². The summed E-state index contributed by atoms with van der Waals surface area (Å²) in [5.74, 6) is -0.687. The van der Waals surface area contributed by atoms with Crippen LogP contribution in [0.1, 0.15) is 23.3 Å². The standard InChI is InChI=1S/C20H16N2O5S/c1-2-26-20(23)16-15(11-6-5-7-12(10-11)22(24)25)18-17(27-19(16)21)13-8-3-4-9-14(13)28-18/h3-10,15H,2,21H2,1H3/t15-/m1/s1. The second-order valence-electron chi connectivity index (χ2n) is 6.18. The summed E-state index contributed by atoms with van der Waals surface area (Å²) in [5, 5.41) is 12.1. The number of carbonyl (C=O) groups excluding carboxylic acids is 1. The molecule has 1 aliphatic rings. The molecule has 2 aromatic carbocycles. The first kappa shape index (κ1) is 18.0. The van der Waals surface area contributed by atoms with Crippen molar-refractivity contribution in [2.45, 2.75) is 12.8 Å². The van der Waals surface area contributed by atoms with Gasteiger partial charge >= 0.3 is 5.97 Å². The molecule has 1 atom stereocenters. The van der Waals surface area contributed by atoms with Crippen LogP contribution in [-0.4, -0.2) is 17.5 Å². The average Bonchev–Trinajstić information content (AvgIpc) is 3.05. The van der Waals surface area contributed by atoms with Crippen molar-refractivity contribution < 1.29 is 19.2 Å². The Kier molecular flexibility index (Phi) is 4.48. The first-order valence-corrected chi connectivity index (χ1v) is 9.43. The van der Waals surface area contributed by atoms with E-state index < -0.39 is 16.8 Å². The molecule has 2 heterocycles. The molecule has 142 valence electrons. The fraction of sp³-hybridized carbons (Fsp3) is 0.150. The van der Waals surface area contributed by atoms with Gasteiger partial charge in [0, 0.05) is 22.2 Å². The summed E-state index contributed by atoms with van der Waals surface area (Å²) >= 11 is 1.47. The van der Waals surface area contributed by atoms with E-state index >= 15 is 0 Å². The highest BCUT2D eigenvalue weighted by molar-refractivity contribution is 7.19. The zero-order valence-electron chi connectivity index (χ0n) is 14.9. The maximum Gasteiger partial charge on any atom is 0.340 e. The molecule has 8 heteroatoms. The highest BCUT2D eigenvalue weighted by atomic mass is 32.1. The van der Waals surface area contributed by atoms with Crippen molar-refractivity contribution in [3.05, 3.63) is 80.5 Å². The van der Waals surface area contributed by atoms with Gasteiger partial charge in [-0.15, -0.1) is 11.3 Å². The number of hydrogen-bond donors (Lipinski definition) is 1. The molecule has 2 N–H and O–H groups in total. The third-order valence-electron chi connectivity index (χ3n) is 4.51. The molecule has 0 radical (unpaired) electrons. The number of fused-ring (bicyclic) bond motifs is 3. The SMILES string of the molecule is CCOC(=O)C1=C(N)Oc2c(sc3ccccc23)[C@@H]1c1cccc([N+](=O)[O-])c1. The van der Waals surface area contributed by atoms with Gasteiger partial charge in [-0.1, -0.05) is 24.3 Å². The molecule has 0 saturated carbocycles. The van der Waals surface area contributed by atoms with Gasteiger partial charge in [-0.2, -0.15) is 0 Å². The van der Waals surface area contributed by atoms with Crippen molar-refractivity contribution in [1.29, 1.82) is 0 Å². The van der Waals surface area contributed by atoms with Crippen molar-refractivity contribution >= 4 is 33.1 Å². The number of rotatable bonds is 4. The normalized spacial score (nSPS) is 15.8. The third-order valence-corrected chi connectivity index (χ3v) is 5.73. The Morgan fingerprint density at radius 3 is 2.82 bits per heavy atom. The Morgan fingerprint density at radius 1 is 1.29 bits per heavy atom. The number of ether oxygens (including phenoxy) is 2. The van der Waals surface area contributed by atoms with E-state index in [4.69, 9.17) is 15.2 Å². The van der Waals surface area contributed by atoms with Gasteiger partial charge in [0.1, 0.15) is 5.57 Å². The van der Waals surface area contributed by atoms with E-state index in [1.165, 1.54) is 23.5 Å². The van der Waals surface area contributed by atoms with Gasteiger partial charge in [-0.05, 0) is 24.6 Å². The quantitative estimate of drug-likeness (QED) is 0.405. The molecule has 1 aromatic heterocycles. The number of nitrogens with zero attached hydrogens (tertiary/aromatic N) is 1. The fourth-order valence-corrected chi connectivity index (χ4v) is 4.61. The third kappa shape index (κ3) is 2.87. The fourth-order valence-electron chi connectivity index (χ4n) is 3.34. The molecule has 0 aliphatic carbocycles. The topological polar surface area (TPSA) is 105 Å². The van der Waals surface area contributed by atoms with Crippen LogP contribution in [-0.2, 0) is 9.53 Å². The van der Waals surface area contributed by atoms with Crippen LogP contribution in [0.2, 0.25) is 0 Å². The maximum atomic E-state index is 12.7. The smallest absolute Gasteiger partial charge is 0.340 e. The maximum absolute atomic E-state index is 12.7. The predicted octanol–water partition coefficient (Wildman–Crippen LogP) is 4.07. The van der Waals surface area contributed by atoms with Crippen LogP contribution in [0.25, 0.3) is 10.1 Å². The van der Waals surface area contributed by atoms with Crippen molar-refractivity contribution in [3.63, 3.8) is 0 Å². The molecule has 0 fully saturated rings. The molecule has 0 saturated heterocycles. The second-order valence-corrected chi connectivity index (χ2v) is 7.26. The first-order chi connectivity index (χ1) is 13.5. The number of benzene rings is 2. The molecule has 3 aromatic rings. The largest absolute Gasteiger partial charge is 0.462 e. The average molecular weight is 396 g/mol. The lowest BCUT2D eigenvalue weighted by molar-refractivity contribution is -0.384. The van der Waals surface area contributed by atoms with E-state index in [1.54, 1.807) is 19.1 Å². The van der Waals surface area contributed by atoms with Crippen molar-refractivity contribution in [3.8, 4) is 5.75 Å². The first-order valence-electron chi connectivity index (χ1n) is 8.61. The molecular formula is C20H16N2O5S. The second kappa shape index (κ2) is 6.97. The summed E-state index contributed by atoms with van der Waals surface area (Å²) in [4.78, 5) is 24.2. The minimum atomic E-state index is -0.611. The number of thiophene rings is 1. The van der Waals surface area contributed by atoms with E-state index in [2.05, 4.69) is 0 Å². The van der Waals surface area contributed by atoms with Crippen LogP contribution in [0.3, 0.4) is 0 Å². The zero-order valence-corrected chi connectivity index (χ0v) is 15.7. The summed E-state index contributed by atoms with van der Waals surface area (Å²) in [7, 11) is 0. The van der Waals surface area contributed by atoms with Gasteiger partial charge in [0.05, 0.1) is 22.3 Å². The molecule has 0 spiro atoms. The Hall–Kier alpha value is -3.39. The van der Waals surface area contributed by atoms with Crippen molar-refractivity contribution in [1.82, 2.24) is 0 Å². The van der Waals surface area contributed by atoms with Gasteiger partial charge in [0.15, 0.2) is 5.75 Å². The van der Waals surface area contributed by atoms with Crippen LogP contribution < -0.4 is 10.5 Å². The molecule has 4 rings (SSSR count). The summed E-state index contributed by atoms with van der Waals surface area (Å²) < 4.78 is 12.0. The molecule has 1 aliphatic heterocycles. The van der Waals surface area contributed by atoms with Gasteiger partial charge in [-0.25, -0.2) is 4.79 Å². The summed E-state index contributed by atoms with van der Waals surface area (Å²) in [6.45, 7) is 1.88. The van der Waals surface area contributed by atoms with Crippen LogP contribution >= 0.6 is 11.3 Å². The molecule has 28 heavy (non-hydrogen) atoms. The number of non-ortho nitro benzene ring substituents is 1. The van der Waals surface area contributed by atoms with E-state index in [9.17, 15) is 14.9 Å². The van der Waals surface area contributed by atoms with Crippen LogP contribution in [0.15, 0.2) is 60.0 Å². The lowest BCUT2D eigenvalue weighted by atomic mass is 9.87. The minimum Gasteiger partial charge on any atom is -0.462 e.